The zero-order valence-electron chi connectivity index (χ0n) is 64.3. The minimum atomic E-state index is -4.98. The van der Waals surface area contributed by atoms with Gasteiger partial charge in [-0.15, -0.1) is 0 Å². The van der Waals surface area contributed by atoms with Crippen molar-refractivity contribution in [2.24, 2.45) is 0 Å². The number of phosphoric ester groups is 2. The Hall–Kier alpha value is -4.28. The molecule has 0 heterocycles. The summed E-state index contributed by atoms with van der Waals surface area (Å²) in [6.45, 7) is 4.54. The van der Waals surface area contributed by atoms with Gasteiger partial charge in [-0.3, -0.25) is 37.3 Å². The Kier molecular flexibility index (Phi) is 71.8. The Balaban J connectivity index is 5.33. The van der Waals surface area contributed by atoms with Crippen LogP contribution in [0, 0.1) is 0 Å². The molecule has 19 heteroatoms. The van der Waals surface area contributed by atoms with Crippen molar-refractivity contribution in [1.29, 1.82) is 0 Å². The van der Waals surface area contributed by atoms with Gasteiger partial charge in [0, 0.05) is 25.7 Å². The van der Waals surface area contributed by atoms with E-state index >= 15 is 0 Å². The van der Waals surface area contributed by atoms with Crippen LogP contribution in [0.3, 0.4) is 0 Å². The molecule has 5 atom stereocenters. The third-order valence-corrected chi connectivity index (χ3v) is 18.6. The van der Waals surface area contributed by atoms with Gasteiger partial charge in [-0.25, -0.2) is 9.13 Å². The Morgan fingerprint density at radius 3 is 0.784 bits per heavy atom. The lowest BCUT2D eigenvalue weighted by Crippen LogP contribution is -2.30. The smallest absolute Gasteiger partial charge is 0.462 e. The molecule has 0 aromatic carbocycles. The number of aliphatic hydroxyl groups is 1. The second kappa shape index (κ2) is 75.0. The first-order valence-corrected chi connectivity index (χ1v) is 43.1. The van der Waals surface area contributed by atoms with Gasteiger partial charge in [0.2, 0.25) is 0 Å². The normalized spacial score (nSPS) is 14.5. The maximum absolute atomic E-state index is 13.1. The maximum Gasteiger partial charge on any atom is 0.472 e. The molecular formula is C83H144O17P2. The highest BCUT2D eigenvalue weighted by molar-refractivity contribution is 7.47. The number of hydrogen-bond acceptors (Lipinski definition) is 15. The average Bonchev–Trinajstić information content (AvgIpc) is 0.994. The second-order valence-electron chi connectivity index (χ2n) is 26.6. The van der Waals surface area contributed by atoms with E-state index in [1.807, 2.05) is 0 Å². The number of rotatable bonds is 75. The predicted molar refractivity (Wildman–Crippen MR) is 418 cm³/mol. The van der Waals surface area contributed by atoms with Crippen molar-refractivity contribution < 1.29 is 80.2 Å². The summed E-state index contributed by atoms with van der Waals surface area (Å²) in [4.78, 5) is 73.0. The van der Waals surface area contributed by atoms with Gasteiger partial charge >= 0.3 is 39.5 Å². The molecule has 5 unspecified atom stereocenters. The van der Waals surface area contributed by atoms with E-state index in [-0.39, 0.29) is 25.7 Å². The van der Waals surface area contributed by atoms with Crippen LogP contribution in [0.4, 0.5) is 0 Å². The van der Waals surface area contributed by atoms with E-state index in [2.05, 4.69) is 137 Å². The van der Waals surface area contributed by atoms with Crippen molar-refractivity contribution in [2.75, 3.05) is 39.6 Å². The lowest BCUT2D eigenvalue weighted by atomic mass is 10.1. The van der Waals surface area contributed by atoms with Gasteiger partial charge in [0.1, 0.15) is 19.3 Å². The first-order valence-electron chi connectivity index (χ1n) is 40.1. The Labute approximate surface area is 619 Å². The molecule has 0 aliphatic heterocycles. The van der Waals surface area contributed by atoms with Crippen LogP contribution in [0.5, 0.6) is 0 Å². The van der Waals surface area contributed by atoms with Crippen LogP contribution in [0.15, 0.2) is 109 Å². The van der Waals surface area contributed by atoms with Crippen molar-refractivity contribution in [1.82, 2.24) is 0 Å². The van der Waals surface area contributed by atoms with Gasteiger partial charge in [-0.2, -0.15) is 0 Å². The van der Waals surface area contributed by atoms with Crippen LogP contribution in [0.1, 0.15) is 336 Å². The molecule has 102 heavy (non-hydrogen) atoms. The van der Waals surface area contributed by atoms with Crippen molar-refractivity contribution >= 4 is 39.5 Å². The van der Waals surface area contributed by atoms with Crippen LogP contribution < -0.4 is 0 Å². The molecule has 0 aliphatic carbocycles. The first kappa shape index (κ1) is 97.7. The first-order chi connectivity index (χ1) is 49.7. The summed E-state index contributed by atoms with van der Waals surface area (Å²) >= 11 is 0. The monoisotopic (exact) mass is 1470 g/mol. The Morgan fingerprint density at radius 1 is 0.284 bits per heavy atom. The maximum atomic E-state index is 13.1. The van der Waals surface area contributed by atoms with E-state index in [9.17, 15) is 43.2 Å². The number of aliphatic hydroxyl groups excluding tert-OH is 1. The summed E-state index contributed by atoms with van der Waals surface area (Å²) in [7, 11) is -9.96. The fourth-order valence-corrected chi connectivity index (χ4v) is 12.3. The topological polar surface area (TPSA) is 237 Å². The minimum absolute atomic E-state index is 0.0810. The molecule has 0 bridgehead atoms. The minimum Gasteiger partial charge on any atom is -0.462 e. The fourth-order valence-electron chi connectivity index (χ4n) is 10.7. The van der Waals surface area contributed by atoms with Crippen molar-refractivity contribution in [3.05, 3.63) is 109 Å². The standard InChI is InChI=1S/C83H144O17P2/c1-5-9-13-17-21-25-29-32-35-38-41-44-48-51-55-59-63-67-80(85)93-73-78(99-82(87)69-65-61-57-53-47-28-24-20-16-12-8-4)75-97-101(89,90)95-71-77(84)72-96-102(91,92)98-76-79(100-83(88)70-66-62-58-54-50-46-43-40-37-34-31-27-23-19-15-11-7-3)74-94-81(86)68-64-60-56-52-49-45-42-39-36-33-30-26-22-18-14-10-6-2/h9-11,13-15,21-23,25-27,32-37,77-79,84H,5-8,12,16-20,24,28-31,38-76H2,1-4H3,(H,89,90)(H,91,92)/b13-9-,14-10-,15-11-,25-21-,26-22-,27-23-,35-32-,36-33-,37-34-. The summed E-state index contributed by atoms with van der Waals surface area (Å²) < 4.78 is 68.6. The van der Waals surface area contributed by atoms with Crippen molar-refractivity contribution in [3.8, 4) is 0 Å². The summed E-state index contributed by atoms with van der Waals surface area (Å²) in [6.07, 6.45) is 80.6. The van der Waals surface area contributed by atoms with E-state index in [0.29, 0.717) is 25.7 Å². The second-order valence-corrected chi connectivity index (χ2v) is 29.5. The molecule has 0 radical (unpaired) electrons. The van der Waals surface area contributed by atoms with Gasteiger partial charge in [-0.1, -0.05) is 298 Å². The molecule has 0 amide bonds. The van der Waals surface area contributed by atoms with E-state index in [1.165, 1.54) is 38.5 Å². The molecular weight excluding hydrogens is 1330 g/mol. The highest BCUT2D eigenvalue weighted by Gasteiger charge is 2.30. The van der Waals surface area contributed by atoms with Gasteiger partial charge in [-0.05, 0) is 122 Å². The zero-order chi connectivity index (χ0) is 74.6. The fraction of sp³-hybridized carbons (Fsp3) is 0.735. The van der Waals surface area contributed by atoms with E-state index in [4.69, 9.17) is 37.0 Å². The average molecular weight is 1480 g/mol. The van der Waals surface area contributed by atoms with E-state index in [1.54, 1.807) is 0 Å². The third kappa shape index (κ3) is 74.0. The molecule has 0 aliphatic rings. The summed E-state index contributed by atoms with van der Waals surface area (Å²) in [5.41, 5.74) is 0. The van der Waals surface area contributed by atoms with Crippen LogP contribution in [-0.4, -0.2) is 96.7 Å². The molecule has 0 saturated carbocycles. The Morgan fingerprint density at radius 2 is 0.510 bits per heavy atom. The van der Waals surface area contributed by atoms with E-state index < -0.39 is 97.5 Å². The number of hydrogen-bond donors (Lipinski definition) is 3. The molecule has 0 aromatic heterocycles. The quantitative estimate of drug-likeness (QED) is 0.0169. The highest BCUT2D eigenvalue weighted by Crippen LogP contribution is 2.45. The van der Waals surface area contributed by atoms with Crippen molar-refractivity contribution in [2.45, 2.75) is 354 Å². The lowest BCUT2D eigenvalue weighted by Gasteiger charge is -2.21. The molecule has 0 spiro atoms. The molecule has 3 N–H and O–H groups in total. The predicted octanol–water partition coefficient (Wildman–Crippen LogP) is 23.3. The Bertz CT molecular complexity index is 2360. The van der Waals surface area contributed by atoms with Crippen LogP contribution >= 0.6 is 15.6 Å². The van der Waals surface area contributed by atoms with Gasteiger partial charge in [0.15, 0.2) is 12.2 Å². The summed E-state index contributed by atoms with van der Waals surface area (Å²) in [6, 6.07) is 0. The number of allylic oxidation sites excluding steroid dienone is 18. The van der Waals surface area contributed by atoms with Crippen LogP contribution in [-0.2, 0) is 65.4 Å². The summed E-state index contributed by atoms with van der Waals surface area (Å²) in [5, 5.41) is 10.6. The van der Waals surface area contributed by atoms with Gasteiger partial charge < -0.3 is 33.8 Å². The lowest BCUT2D eigenvalue weighted by molar-refractivity contribution is -0.161. The number of phosphoric acid groups is 2. The summed E-state index contributed by atoms with van der Waals surface area (Å²) in [5.74, 6) is -2.19. The third-order valence-electron chi connectivity index (χ3n) is 16.7. The van der Waals surface area contributed by atoms with E-state index in [0.717, 1.165) is 218 Å². The number of ether oxygens (including phenoxy) is 4. The molecule has 588 valence electrons. The molecule has 0 fully saturated rings. The molecule has 17 nitrogen and oxygen atoms in total. The SMILES string of the molecule is CC/C=C\C/C=C\C/C=C\CCCCCCCCCC(=O)OCC(COP(=O)(O)OCC(O)COP(=O)(O)OCC(COC(=O)CCCCCCCCC/C=C\C/C=C\C/C=C\CC)OC(=O)CCCCCCCCCCCCC)OC(=O)CCCCCCCCC/C=C\C/C=C\C/C=C\CC. The van der Waals surface area contributed by atoms with Gasteiger partial charge in [0.25, 0.3) is 0 Å². The van der Waals surface area contributed by atoms with Crippen molar-refractivity contribution in [3.63, 3.8) is 0 Å². The molecule has 0 saturated heterocycles. The molecule has 0 aromatic rings. The zero-order valence-corrected chi connectivity index (χ0v) is 66.0. The highest BCUT2D eigenvalue weighted by atomic mass is 31.2. The number of carbonyl (C=O) groups is 4. The molecule has 0 rings (SSSR count). The number of unbranched alkanes of at least 4 members (excludes halogenated alkanes) is 31. The van der Waals surface area contributed by atoms with Crippen LogP contribution in [0.2, 0.25) is 0 Å². The number of esters is 4. The largest absolute Gasteiger partial charge is 0.472 e. The number of carbonyl (C=O) groups excluding carboxylic acids is 4. The van der Waals surface area contributed by atoms with Gasteiger partial charge in [0.05, 0.1) is 26.4 Å². The van der Waals surface area contributed by atoms with Crippen LogP contribution in [0.25, 0.3) is 0 Å².